The topological polar surface area (TPSA) is 55.6 Å². The van der Waals surface area contributed by atoms with E-state index in [1.54, 1.807) is 12.1 Å². The average Bonchev–Trinajstić information content (AvgIpc) is 3.11. The highest BCUT2D eigenvalue weighted by molar-refractivity contribution is 5.81. The molecular weight excluding hydrogens is 307 g/mol. The van der Waals surface area contributed by atoms with Crippen LogP contribution in [0.5, 0.6) is 0 Å². The lowest BCUT2D eigenvalue weighted by atomic mass is 9.93. The van der Waals surface area contributed by atoms with Crippen LogP contribution >= 0.6 is 0 Å². The fourth-order valence-corrected chi connectivity index (χ4v) is 3.81. The van der Waals surface area contributed by atoms with Gasteiger partial charge in [-0.2, -0.15) is 0 Å². The van der Waals surface area contributed by atoms with Gasteiger partial charge in [-0.25, -0.2) is 4.39 Å². The lowest BCUT2D eigenvalue weighted by molar-refractivity contribution is -0.146. The van der Waals surface area contributed by atoms with Crippen LogP contribution in [0.3, 0.4) is 0 Å². The summed E-state index contributed by atoms with van der Waals surface area (Å²) in [7, 11) is 0. The highest BCUT2D eigenvalue weighted by atomic mass is 19.1. The van der Waals surface area contributed by atoms with Crippen molar-refractivity contribution in [3.63, 3.8) is 0 Å². The Labute approximate surface area is 143 Å². The first-order chi connectivity index (χ1) is 11.7. The zero-order valence-corrected chi connectivity index (χ0v) is 14.1. The molecule has 1 saturated carbocycles. The smallest absolute Gasteiger partial charge is 0.252 e. The molecule has 24 heavy (non-hydrogen) atoms. The Morgan fingerprint density at radius 3 is 2.46 bits per heavy atom. The number of nitrogens with zero attached hydrogens (tertiary/aromatic N) is 1. The molecule has 0 spiro atoms. The highest BCUT2D eigenvalue weighted by Crippen LogP contribution is 2.28. The van der Waals surface area contributed by atoms with E-state index < -0.39 is 0 Å². The second kappa shape index (κ2) is 8.08. The summed E-state index contributed by atoms with van der Waals surface area (Å²) in [5.41, 5.74) is 6.63. The van der Waals surface area contributed by atoms with E-state index in [4.69, 9.17) is 10.5 Å². The minimum Gasteiger partial charge on any atom is -0.364 e. The largest absolute Gasteiger partial charge is 0.364 e. The molecule has 0 bridgehead atoms. The van der Waals surface area contributed by atoms with E-state index in [9.17, 15) is 9.18 Å². The number of carbonyl (C=O) groups excluding carboxylic acids is 1. The zero-order valence-electron chi connectivity index (χ0n) is 14.1. The van der Waals surface area contributed by atoms with E-state index in [-0.39, 0.29) is 30.0 Å². The molecule has 1 aliphatic carbocycles. The predicted octanol–water partition coefficient (Wildman–Crippen LogP) is 2.99. The maximum atomic E-state index is 13.2. The number of benzene rings is 1. The van der Waals surface area contributed by atoms with Crippen molar-refractivity contribution >= 4 is 5.91 Å². The van der Waals surface area contributed by atoms with E-state index >= 15 is 0 Å². The molecule has 5 heteroatoms. The molecule has 2 atom stereocenters. The molecule has 0 aromatic heterocycles. The van der Waals surface area contributed by atoms with Crippen LogP contribution in [0.1, 0.15) is 50.5 Å². The Bertz CT molecular complexity index is 543. The molecule has 2 N–H and O–H groups in total. The molecule has 1 aromatic carbocycles. The van der Waals surface area contributed by atoms with Crippen LogP contribution in [0.15, 0.2) is 24.3 Å². The molecule has 1 heterocycles. The Hall–Kier alpha value is -1.46. The lowest BCUT2D eigenvalue weighted by Gasteiger charge is -2.36. The number of halogens is 1. The molecule has 2 aliphatic rings. The molecule has 0 radical (unpaired) electrons. The second-order valence-corrected chi connectivity index (χ2v) is 6.94. The predicted molar refractivity (Wildman–Crippen MR) is 90.8 cm³/mol. The fraction of sp³-hybridized carbons (Fsp3) is 0.632. The normalized spacial score (nSPS) is 24.9. The van der Waals surface area contributed by atoms with E-state index in [1.165, 1.54) is 18.6 Å². The summed E-state index contributed by atoms with van der Waals surface area (Å²) in [6.07, 6.45) is 6.86. The van der Waals surface area contributed by atoms with Gasteiger partial charge in [-0.05, 0) is 43.4 Å². The molecule has 1 aromatic rings. The van der Waals surface area contributed by atoms with Crippen LogP contribution in [-0.2, 0) is 16.1 Å². The first-order valence-electron chi connectivity index (χ1n) is 9.08. The summed E-state index contributed by atoms with van der Waals surface area (Å²) in [6, 6.07) is 6.69. The first-order valence-corrected chi connectivity index (χ1v) is 9.08. The summed E-state index contributed by atoms with van der Waals surface area (Å²) in [5, 5.41) is 0. The number of nitrogens with two attached hydrogens (primary N) is 1. The van der Waals surface area contributed by atoms with E-state index in [0.29, 0.717) is 13.1 Å². The average molecular weight is 334 g/mol. The molecule has 1 aliphatic heterocycles. The summed E-state index contributed by atoms with van der Waals surface area (Å²) in [5.74, 6) is -0.179. The summed E-state index contributed by atoms with van der Waals surface area (Å²) in [6.45, 7) is 0.988. The van der Waals surface area contributed by atoms with Crippen molar-refractivity contribution in [2.45, 2.75) is 69.7 Å². The maximum absolute atomic E-state index is 13.2. The van der Waals surface area contributed by atoms with Gasteiger partial charge in [-0.1, -0.05) is 31.4 Å². The minimum absolute atomic E-state index is 0.00187. The summed E-state index contributed by atoms with van der Waals surface area (Å²) >= 11 is 0. The number of ether oxygens (including phenoxy) is 1. The van der Waals surface area contributed by atoms with Gasteiger partial charge in [0.2, 0.25) is 0 Å². The van der Waals surface area contributed by atoms with Gasteiger partial charge in [-0.3, -0.25) is 4.79 Å². The molecular formula is C19H27FN2O2. The standard InChI is InChI=1S/C19H27FN2O2/c20-15-8-6-14(7-9-15)13-22(16-4-2-1-3-5-16)19(23)18-11-10-17(12-21)24-18/h6-9,16-18H,1-5,10-13,21H2/t17-,18+/m1/s1. The molecule has 0 unspecified atom stereocenters. The summed E-state index contributed by atoms with van der Waals surface area (Å²) < 4.78 is 19.0. The van der Waals surface area contributed by atoms with Crippen molar-refractivity contribution in [1.29, 1.82) is 0 Å². The fourth-order valence-electron chi connectivity index (χ4n) is 3.81. The Kier molecular flexibility index (Phi) is 5.85. The lowest BCUT2D eigenvalue weighted by Crippen LogP contribution is -2.46. The monoisotopic (exact) mass is 334 g/mol. The number of amides is 1. The van der Waals surface area contributed by atoms with Crippen molar-refractivity contribution < 1.29 is 13.9 Å². The molecule has 4 nitrogen and oxygen atoms in total. The van der Waals surface area contributed by atoms with Gasteiger partial charge in [0.1, 0.15) is 11.9 Å². The molecule has 2 fully saturated rings. The van der Waals surface area contributed by atoms with Crippen LogP contribution in [0.2, 0.25) is 0 Å². The Balaban J connectivity index is 1.73. The third-order valence-electron chi connectivity index (χ3n) is 5.21. The third-order valence-corrected chi connectivity index (χ3v) is 5.21. The maximum Gasteiger partial charge on any atom is 0.252 e. The first kappa shape index (κ1) is 17.4. The van der Waals surface area contributed by atoms with Gasteiger partial charge in [0.15, 0.2) is 0 Å². The minimum atomic E-state index is -0.374. The van der Waals surface area contributed by atoms with Crippen molar-refractivity contribution in [1.82, 2.24) is 4.90 Å². The van der Waals surface area contributed by atoms with Crippen molar-refractivity contribution in [2.75, 3.05) is 6.54 Å². The van der Waals surface area contributed by atoms with E-state index in [1.807, 2.05) is 4.90 Å². The number of hydrogen-bond acceptors (Lipinski definition) is 3. The van der Waals surface area contributed by atoms with Gasteiger partial charge in [0, 0.05) is 19.1 Å². The van der Waals surface area contributed by atoms with Crippen LogP contribution in [-0.4, -0.2) is 35.6 Å². The van der Waals surface area contributed by atoms with Gasteiger partial charge in [0.25, 0.3) is 5.91 Å². The van der Waals surface area contributed by atoms with Gasteiger partial charge >= 0.3 is 0 Å². The molecule has 1 amide bonds. The van der Waals surface area contributed by atoms with Crippen LogP contribution in [0, 0.1) is 5.82 Å². The molecule has 3 rings (SSSR count). The SMILES string of the molecule is NC[C@H]1CC[C@@H](C(=O)N(Cc2ccc(F)cc2)C2CCCCC2)O1. The number of rotatable bonds is 5. The molecule has 1 saturated heterocycles. The quantitative estimate of drug-likeness (QED) is 0.900. The van der Waals surface area contributed by atoms with Crippen LogP contribution < -0.4 is 5.73 Å². The van der Waals surface area contributed by atoms with Crippen molar-refractivity contribution in [2.24, 2.45) is 5.73 Å². The van der Waals surface area contributed by atoms with Gasteiger partial charge in [-0.15, -0.1) is 0 Å². The highest BCUT2D eigenvalue weighted by Gasteiger charge is 2.35. The number of carbonyl (C=O) groups is 1. The second-order valence-electron chi connectivity index (χ2n) is 6.94. The van der Waals surface area contributed by atoms with Crippen LogP contribution in [0.4, 0.5) is 4.39 Å². The van der Waals surface area contributed by atoms with Crippen molar-refractivity contribution in [3.05, 3.63) is 35.6 Å². The van der Waals surface area contributed by atoms with Gasteiger partial charge in [0.05, 0.1) is 6.10 Å². The van der Waals surface area contributed by atoms with E-state index in [2.05, 4.69) is 0 Å². The Morgan fingerprint density at radius 1 is 1.12 bits per heavy atom. The Morgan fingerprint density at radius 2 is 1.83 bits per heavy atom. The van der Waals surface area contributed by atoms with Crippen LogP contribution in [0.25, 0.3) is 0 Å². The van der Waals surface area contributed by atoms with E-state index in [0.717, 1.165) is 44.1 Å². The summed E-state index contributed by atoms with van der Waals surface area (Å²) in [4.78, 5) is 15.0. The van der Waals surface area contributed by atoms with Crippen molar-refractivity contribution in [3.8, 4) is 0 Å². The van der Waals surface area contributed by atoms with Gasteiger partial charge < -0.3 is 15.4 Å². The zero-order chi connectivity index (χ0) is 16.9. The third kappa shape index (κ3) is 4.14. The number of hydrogen-bond donors (Lipinski definition) is 1. The molecule has 132 valence electrons.